The van der Waals surface area contributed by atoms with Crippen molar-refractivity contribution >= 4 is 25.8 Å². The van der Waals surface area contributed by atoms with E-state index in [1.165, 1.54) is 25.1 Å². The maximum absolute atomic E-state index is 12.3. The number of carboxylic acid groups (broad SMARTS) is 1. The van der Waals surface area contributed by atoms with Gasteiger partial charge in [-0.3, -0.25) is 4.79 Å². The molecular weight excluding hydrogens is 354 g/mol. The van der Waals surface area contributed by atoms with Crippen LogP contribution in [0.4, 0.5) is 0 Å². The number of sulfone groups is 1. The van der Waals surface area contributed by atoms with E-state index in [9.17, 15) is 21.6 Å². The summed E-state index contributed by atoms with van der Waals surface area (Å²) in [6.45, 7) is 4.92. The van der Waals surface area contributed by atoms with Crippen LogP contribution >= 0.6 is 0 Å². The summed E-state index contributed by atoms with van der Waals surface area (Å²) in [6.07, 6.45) is 0.335. The van der Waals surface area contributed by atoms with Gasteiger partial charge in [0.1, 0.15) is 0 Å². The van der Waals surface area contributed by atoms with Crippen molar-refractivity contribution in [1.29, 1.82) is 0 Å². The number of hydrogen-bond donors (Lipinski definition) is 2. The molecule has 0 aliphatic heterocycles. The standard InChI is InChI=1S/C15H23NO6S2/c1-4-23(19,20)13-6-5-7-14(9-13)24(21,22)16-10-12(15(17)18)8-11(2)3/h5-7,9,11-12,16H,4,8,10H2,1-3H3,(H,17,18). The van der Waals surface area contributed by atoms with Crippen LogP contribution < -0.4 is 4.72 Å². The minimum absolute atomic E-state index is 0.0789. The third-order valence-electron chi connectivity index (χ3n) is 3.48. The first kappa shape index (κ1) is 20.6. The Kier molecular flexibility index (Phi) is 6.94. The van der Waals surface area contributed by atoms with Crippen LogP contribution in [0, 0.1) is 11.8 Å². The molecule has 0 saturated carbocycles. The maximum atomic E-state index is 12.3. The number of aliphatic carboxylic acids is 1. The zero-order valence-corrected chi connectivity index (χ0v) is 15.5. The summed E-state index contributed by atoms with van der Waals surface area (Å²) in [5, 5.41) is 9.16. The summed E-state index contributed by atoms with van der Waals surface area (Å²) in [5.74, 6) is -1.95. The van der Waals surface area contributed by atoms with Crippen LogP contribution in [0.5, 0.6) is 0 Å². The van der Waals surface area contributed by atoms with E-state index in [1.54, 1.807) is 0 Å². The van der Waals surface area contributed by atoms with Gasteiger partial charge in [0.2, 0.25) is 10.0 Å². The zero-order chi connectivity index (χ0) is 18.5. The fourth-order valence-electron chi connectivity index (χ4n) is 2.14. The summed E-state index contributed by atoms with van der Waals surface area (Å²) >= 11 is 0. The molecule has 1 aromatic rings. The van der Waals surface area contributed by atoms with Crippen LogP contribution in [0.1, 0.15) is 27.2 Å². The van der Waals surface area contributed by atoms with Gasteiger partial charge < -0.3 is 5.11 Å². The number of benzene rings is 1. The van der Waals surface area contributed by atoms with Crippen molar-refractivity contribution in [3.8, 4) is 0 Å². The molecule has 0 aromatic heterocycles. The van der Waals surface area contributed by atoms with Crippen molar-refractivity contribution in [2.75, 3.05) is 12.3 Å². The summed E-state index contributed by atoms with van der Waals surface area (Å²) in [5.41, 5.74) is 0. The Morgan fingerprint density at radius 1 is 1.17 bits per heavy atom. The van der Waals surface area contributed by atoms with Crippen molar-refractivity contribution in [2.45, 2.75) is 37.0 Å². The fraction of sp³-hybridized carbons (Fsp3) is 0.533. The van der Waals surface area contributed by atoms with Crippen molar-refractivity contribution in [3.63, 3.8) is 0 Å². The van der Waals surface area contributed by atoms with Crippen LogP contribution in [0.3, 0.4) is 0 Å². The number of carbonyl (C=O) groups is 1. The van der Waals surface area contributed by atoms with Crippen LogP contribution in [0.25, 0.3) is 0 Å². The molecule has 1 rings (SSSR count). The van der Waals surface area contributed by atoms with Crippen LogP contribution in [0.15, 0.2) is 34.1 Å². The number of carboxylic acids is 1. The average molecular weight is 377 g/mol. The Morgan fingerprint density at radius 3 is 2.25 bits per heavy atom. The van der Waals surface area contributed by atoms with Gasteiger partial charge in [-0.15, -0.1) is 0 Å². The normalized spacial score (nSPS) is 13.8. The third kappa shape index (κ3) is 5.57. The van der Waals surface area contributed by atoms with Gasteiger partial charge in [-0.05, 0) is 30.5 Å². The molecule has 0 bridgehead atoms. The van der Waals surface area contributed by atoms with E-state index in [0.717, 1.165) is 6.07 Å². The SMILES string of the molecule is CCS(=O)(=O)c1cccc(S(=O)(=O)NCC(CC(C)C)C(=O)O)c1. The Balaban J connectivity index is 3.01. The average Bonchev–Trinajstić information content (AvgIpc) is 2.51. The van der Waals surface area contributed by atoms with E-state index < -0.39 is 31.7 Å². The van der Waals surface area contributed by atoms with Gasteiger partial charge in [0.15, 0.2) is 9.84 Å². The van der Waals surface area contributed by atoms with Crippen molar-refractivity contribution in [1.82, 2.24) is 4.72 Å². The quantitative estimate of drug-likeness (QED) is 0.673. The van der Waals surface area contributed by atoms with E-state index in [2.05, 4.69) is 4.72 Å². The predicted molar refractivity (Wildman–Crippen MR) is 89.9 cm³/mol. The molecule has 9 heteroatoms. The molecule has 0 amide bonds. The molecule has 0 aliphatic rings. The van der Waals surface area contributed by atoms with Gasteiger partial charge in [0, 0.05) is 6.54 Å². The molecule has 1 aromatic carbocycles. The highest BCUT2D eigenvalue weighted by molar-refractivity contribution is 7.91. The van der Waals surface area contributed by atoms with Gasteiger partial charge in [0.05, 0.1) is 21.5 Å². The Labute approximate surface area is 143 Å². The highest BCUT2D eigenvalue weighted by Gasteiger charge is 2.23. The second-order valence-corrected chi connectivity index (χ2v) is 9.94. The van der Waals surface area contributed by atoms with Crippen LogP contribution in [-0.4, -0.2) is 40.2 Å². The van der Waals surface area contributed by atoms with Crippen molar-refractivity contribution in [2.24, 2.45) is 11.8 Å². The lowest BCUT2D eigenvalue weighted by atomic mass is 9.98. The lowest BCUT2D eigenvalue weighted by molar-refractivity contribution is -0.142. The summed E-state index contributed by atoms with van der Waals surface area (Å²) < 4.78 is 50.6. The second-order valence-electron chi connectivity index (χ2n) is 5.89. The largest absolute Gasteiger partial charge is 0.481 e. The first-order valence-corrected chi connectivity index (χ1v) is 10.7. The smallest absolute Gasteiger partial charge is 0.307 e. The molecule has 2 N–H and O–H groups in total. The molecule has 0 saturated heterocycles. The molecule has 24 heavy (non-hydrogen) atoms. The molecule has 0 aliphatic carbocycles. The molecule has 0 fully saturated rings. The summed E-state index contributed by atoms with van der Waals surface area (Å²) in [7, 11) is -7.52. The highest BCUT2D eigenvalue weighted by Crippen LogP contribution is 2.18. The lowest BCUT2D eigenvalue weighted by Crippen LogP contribution is -2.33. The molecule has 0 heterocycles. The monoisotopic (exact) mass is 377 g/mol. The Morgan fingerprint density at radius 2 is 1.75 bits per heavy atom. The van der Waals surface area contributed by atoms with E-state index in [4.69, 9.17) is 5.11 Å². The van der Waals surface area contributed by atoms with Gasteiger partial charge in [-0.2, -0.15) is 0 Å². The number of hydrogen-bond acceptors (Lipinski definition) is 5. The third-order valence-corrected chi connectivity index (χ3v) is 6.63. The molecular formula is C15H23NO6S2. The molecule has 0 radical (unpaired) electrons. The second kappa shape index (κ2) is 8.09. The summed E-state index contributed by atoms with van der Waals surface area (Å²) in [4.78, 5) is 10.9. The minimum atomic E-state index is -3.99. The Bertz CT molecular complexity index is 784. The first-order chi connectivity index (χ1) is 11.0. The van der Waals surface area contributed by atoms with Crippen molar-refractivity contribution < 1.29 is 26.7 Å². The molecule has 1 unspecified atom stereocenters. The van der Waals surface area contributed by atoms with Gasteiger partial charge in [-0.25, -0.2) is 21.6 Å². The van der Waals surface area contributed by atoms with Gasteiger partial charge in [-0.1, -0.05) is 26.8 Å². The zero-order valence-electron chi connectivity index (χ0n) is 13.9. The molecule has 7 nitrogen and oxygen atoms in total. The van der Waals surface area contributed by atoms with Crippen LogP contribution in [0.2, 0.25) is 0 Å². The van der Waals surface area contributed by atoms with E-state index in [-0.39, 0.29) is 28.0 Å². The number of rotatable bonds is 9. The van der Waals surface area contributed by atoms with E-state index in [1.807, 2.05) is 13.8 Å². The maximum Gasteiger partial charge on any atom is 0.307 e. The van der Waals surface area contributed by atoms with Crippen LogP contribution in [-0.2, 0) is 24.7 Å². The van der Waals surface area contributed by atoms with E-state index >= 15 is 0 Å². The lowest BCUT2D eigenvalue weighted by Gasteiger charge is -2.15. The topological polar surface area (TPSA) is 118 Å². The fourth-order valence-corrected chi connectivity index (χ4v) is 4.26. The first-order valence-electron chi connectivity index (χ1n) is 7.55. The van der Waals surface area contributed by atoms with Crippen molar-refractivity contribution in [3.05, 3.63) is 24.3 Å². The van der Waals surface area contributed by atoms with Gasteiger partial charge in [0.25, 0.3) is 0 Å². The summed E-state index contributed by atoms with van der Waals surface area (Å²) in [6, 6.07) is 5.03. The minimum Gasteiger partial charge on any atom is -0.481 e. The Hall–Kier alpha value is -1.45. The number of sulfonamides is 1. The highest BCUT2D eigenvalue weighted by atomic mass is 32.2. The van der Waals surface area contributed by atoms with Gasteiger partial charge >= 0.3 is 5.97 Å². The molecule has 1 atom stereocenters. The predicted octanol–water partition coefficient (Wildman–Crippen LogP) is 1.51. The molecule has 0 spiro atoms. The molecule has 136 valence electrons. The van der Waals surface area contributed by atoms with E-state index in [0.29, 0.717) is 6.42 Å². The number of nitrogens with one attached hydrogen (secondary N) is 1.